The molecule has 5 heteroatoms. The number of aryl methyl sites for hydroxylation is 1. The molecule has 2 aromatic heterocycles. The number of rotatable bonds is 4. The van der Waals surface area contributed by atoms with E-state index in [1.165, 1.54) is 15.3 Å². The Kier molecular flexibility index (Phi) is 4.69. The molecule has 0 fully saturated rings. The molecule has 21 heavy (non-hydrogen) atoms. The fourth-order valence-electron chi connectivity index (χ4n) is 2.17. The lowest BCUT2D eigenvalue weighted by molar-refractivity contribution is 0.989. The van der Waals surface area contributed by atoms with E-state index in [0.29, 0.717) is 0 Å². The van der Waals surface area contributed by atoms with Gasteiger partial charge in [-0.1, -0.05) is 33.6 Å². The summed E-state index contributed by atoms with van der Waals surface area (Å²) in [6.07, 6.45) is 0. The Balaban J connectivity index is 1.96. The van der Waals surface area contributed by atoms with Gasteiger partial charge in [0.15, 0.2) is 0 Å². The summed E-state index contributed by atoms with van der Waals surface area (Å²) in [4.78, 5) is 2.51. The van der Waals surface area contributed by atoms with Crippen LogP contribution in [-0.2, 0) is 0 Å². The first kappa shape index (κ1) is 15.1. The summed E-state index contributed by atoms with van der Waals surface area (Å²) >= 11 is 13.0. The normalized spacial score (nSPS) is 12.3. The third-order valence-electron chi connectivity index (χ3n) is 3.19. The molecule has 0 radical (unpaired) electrons. The molecule has 0 saturated carbocycles. The lowest BCUT2D eigenvalue weighted by Crippen LogP contribution is -2.10. The summed E-state index contributed by atoms with van der Waals surface area (Å²) in [5.74, 6) is 0. The Hall–Kier alpha value is -0.810. The summed E-state index contributed by atoms with van der Waals surface area (Å²) in [6, 6.07) is 14.7. The molecule has 0 saturated heterocycles. The van der Waals surface area contributed by atoms with Gasteiger partial charge in [-0.3, -0.25) is 0 Å². The Bertz CT molecular complexity index is 737. The molecule has 2 heterocycles. The summed E-state index contributed by atoms with van der Waals surface area (Å²) < 4.78 is 1.92. The second kappa shape index (κ2) is 6.53. The lowest BCUT2D eigenvalue weighted by atomic mass is 10.1. The topological polar surface area (TPSA) is 12.0 Å². The van der Waals surface area contributed by atoms with Crippen LogP contribution < -0.4 is 5.32 Å². The first-order valence-electron chi connectivity index (χ1n) is 6.45. The average Bonchev–Trinajstić information content (AvgIpc) is 3.09. The van der Waals surface area contributed by atoms with E-state index >= 15 is 0 Å². The van der Waals surface area contributed by atoms with Crippen LogP contribution in [0.25, 0.3) is 0 Å². The Labute approximate surface area is 145 Å². The van der Waals surface area contributed by atoms with E-state index in [2.05, 4.69) is 69.9 Å². The van der Waals surface area contributed by atoms with Crippen LogP contribution in [-0.4, -0.2) is 0 Å². The van der Waals surface area contributed by atoms with Gasteiger partial charge in [0.1, 0.15) is 0 Å². The van der Waals surface area contributed by atoms with E-state index in [0.717, 1.165) is 14.5 Å². The Morgan fingerprint density at radius 2 is 2.00 bits per heavy atom. The molecule has 0 aliphatic carbocycles. The summed E-state index contributed by atoms with van der Waals surface area (Å²) in [5.41, 5.74) is 2.36. The number of benzene rings is 1. The maximum Gasteiger partial charge on any atom is 0.0954 e. The molecular formula is C16H13BrClNS2. The summed E-state index contributed by atoms with van der Waals surface area (Å²) in [6.45, 7) is 2.11. The molecule has 3 aromatic rings. The number of hydrogen-bond donors (Lipinski definition) is 1. The maximum atomic E-state index is 6.11. The minimum absolute atomic E-state index is 0.141. The van der Waals surface area contributed by atoms with Crippen molar-refractivity contribution in [1.29, 1.82) is 0 Å². The second-order valence-corrected chi connectivity index (χ2v) is 8.34. The van der Waals surface area contributed by atoms with Crippen LogP contribution in [0.4, 0.5) is 5.69 Å². The molecule has 1 N–H and O–H groups in total. The van der Waals surface area contributed by atoms with E-state index < -0.39 is 0 Å². The fourth-order valence-corrected chi connectivity index (χ4v) is 4.64. The molecule has 1 aromatic carbocycles. The number of nitrogens with one attached hydrogen (secondary N) is 1. The highest BCUT2D eigenvalue weighted by molar-refractivity contribution is 9.10. The molecular weight excluding hydrogens is 386 g/mol. The summed E-state index contributed by atoms with van der Waals surface area (Å²) in [7, 11) is 0. The molecule has 0 spiro atoms. The predicted octanol–water partition coefficient (Wildman–Crippen LogP) is 6.74. The van der Waals surface area contributed by atoms with Gasteiger partial charge in [-0.2, -0.15) is 0 Å². The van der Waals surface area contributed by atoms with Crippen LogP contribution in [0.3, 0.4) is 0 Å². The summed E-state index contributed by atoms with van der Waals surface area (Å²) in [5, 5.41) is 5.75. The van der Waals surface area contributed by atoms with Gasteiger partial charge in [-0.15, -0.1) is 22.7 Å². The third kappa shape index (κ3) is 3.51. The minimum atomic E-state index is 0.141. The van der Waals surface area contributed by atoms with E-state index in [4.69, 9.17) is 11.6 Å². The predicted molar refractivity (Wildman–Crippen MR) is 98.0 cm³/mol. The van der Waals surface area contributed by atoms with Crippen LogP contribution >= 0.6 is 50.2 Å². The van der Waals surface area contributed by atoms with Gasteiger partial charge in [0.05, 0.1) is 10.4 Å². The van der Waals surface area contributed by atoms with Crippen LogP contribution in [0.1, 0.15) is 21.4 Å². The number of anilines is 1. The highest BCUT2D eigenvalue weighted by atomic mass is 79.9. The first-order valence-corrected chi connectivity index (χ1v) is 9.31. The van der Waals surface area contributed by atoms with Crippen molar-refractivity contribution in [3.05, 3.63) is 72.0 Å². The van der Waals surface area contributed by atoms with Gasteiger partial charge in [0.2, 0.25) is 0 Å². The number of halogens is 2. The number of thiophene rings is 2. The van der Waals surface area contributed by atoms with Gasteiger partial charge in [0, 0.05) is 19.9 Å². The standard InChI is InChI=1S/C16H13BrClNS2/c1-10-9-11(17)4-5-12(10)19-16(13-3-2-8-20-13)14-6-7-15(18)21-14/h2-9,16,19H,1H3. The van der Waals surface area contributed by atoms with E-state index in [1.54, 1.807) is 22.7 Å². The van der Waals surface area contributed by atoms with Crippen LogP contribution in [0, 0.1) is 6.92 Å². The van der Waals surface area contributed by atoms with Gasteiger partial charge in [-0.05, 0) is 54.3 Å². The zero-order valence-corrected chi connectivity index (χ0v) is 15.2. The monoisotopic (exact) mass is 397 g/mol. The first-order chi connectivity index (χ1) is 10.1. The molecule has 3 rings (SSSR count). The van der Waals surface area contributed by atoms with Crippen molar-refractivity contribution in [2.75, 3.05) is 5.32 Å². The maximum absolute atomic E-state index is 6.11. The van der Waals surface area contributed by atoms with Gasteiger partial charge in [0.25, 0.3) is 0 Å². The highest BCUT2D eigenvalue weighted by Gasteiger charge is 2.18. The van der Waals surface area contributed by atoms with E-state index in [1.807, 2.05) is 6.07 Å². The molecule has 1 nitrogen and oxygen atoms in total. The average molecular weight is 399 g/mol. The minimum Gasteiger partial charge on any atom is -0.373 e. The van der Waals surface area contributed by atoms with Crippen molar-refractivity contribution < 1.29 is 0 Å². The second-order valence-electron chi connectivity index (χ2n) is 4.69. The Morgan fingerprint density at radius 3 is 2.62 bits per heavy atom. The highest BCUT2D eigenvalue weighted by Crippen LogP contribution is 2.36. The van der Waals surface area contributed by atoms with Crippen molar-refractivity contribution >= 4 is 55.9 Å². The van der Waals surface area contributed by atoms with Crippen molar-refractivity contribution in [3.63, 3.8) is 0 Å². The lowest BCUT2D eigenvalue weighted by Gasteiger charge is -2.19. The number of hydrogen-bond acceptors (Lipinski definition) is 3. The van der Waals surface area contributed by atoms with E-state index in [9.17, 15) is 0 Å². The van der Waals surface area contributed by atoms with Gasteiger partial charge < -0.3 is 5.32 Å². The zero-order valence-electron chi connectivity index (χ0n) is 11.3. The third-order valence-corrected chi connectivity index (χ3v) is 5.92. The molecule has 0 aliphatic heterocycles. The van der Waals surface area contributed by atoms with E-state index in [-0.39, 0.29) is 6.04 Å². The van der Waals surface area contributed by atoms with Crippen molar-refractivity contribution in [2.45, 2.75) is 13.0 Å². The quantitative estimate of drug-likeness (QED) is 0.513. The SMILES string of the molecule is Cc1cc(Br)ccc1NC(c1cccs1)c1ccc(Cl)s1. The van der Waals surface area contributed by atoms with Crippen LogP contribution in [0.15, 0.2) is 52.3 Å². The fraction of sp³-hybridized carbons (Fsp3) is 0.125. The molecule has 0 amide bonds. The van der Waals surface area contributed by atoms with Crippen molar-refractivity contribution in [1.82, 2.24) is 0 Å². The molecule has 1 atom stereocenters. The van der Waals surface area contributed by atoms with Crippen LogP contribution in [0.5, 0.6) is 0 Å². The van der Waals surface area contributed by atoms with Gasteiger partial charge >= 0.3 is 0 Å². The smallest absolute Gasteiger partial charge is 0.0954 e. The van der Waals surface area contributed by atoms with Crippen molar-refractivity contribution in [3.8, 4) is 0 Å². The molecule has 0 bridgehead atoms. The largest absolute Gasteiger partial charge is 0.373 e. The van der Waals surface area contributed by atoms with Crippen LogP contribution in [0.2, 0.25) is 4.34 Å². The van der Waals surface area contributed by atoms with Crippen molar-refractivity contribution in [2.24, 2.45) is 0 Å². The molecule has 1 unspecified atom stereocenters. The molecule has 0 aliphatic rings. The molecule has 108 valence electrons. The van der Waals surface area contributed by atoms with Gasteiger partial charge in [-0.25, -0.2) is 0 Å². The zero-order chi connectivity index (χ0) is 14.8. The Morgan fingerprint density at radius 1 is 1.14 bits per heavy atom.